The Labute approximate surface area is 167 Å². The smallest absolute Gasteiger partial charge is 0.320 e. The second kappa shape index (κ2) is 11.8. The number of nitrogens with zero attached hydrogens (tertiary/aromatic N) is 1. The van der Waals surface area contributed by atoms with Crippen molar-refractivity contribution in [3.8, 4) is 0 Å². The van der Waals surface area contributed by atoms with Gasteiger partial charge in [-0.25, -0.2) is 0 Å². The van der Waals surface area contributed by atoms with E-state index in [-0.39, 0.29) is 30.9 Å². The van der Waals surface area contributed by atoms with Crippen LogP contribution in [0.1, 0.15) is 31.2 Å². The summed E-state index contributed by atoms with van der Waals surface area (Å²) in [5.41, 5.74) is 7.69. The summed E-state index contributed by atoms with van der Waals surface area (Å²) in [7, 11) is 0. The van der Waals surface area contributed by atoms with E-state index in [1.807, 2.05) is 19.1 Å². The number of halogens is 3. The first-order valence-corrected chi connectivity index (χ1v) is 8.59. The van der Waals surface area contributed by atoms with E-state index in [1.165, 1.54) is 0 Å². The maximum atomic E-state index is 11.3. The second-order valence-electron chi connectivity index (χ2n) is 6.18. The molecule has 1 aromatic rings. The molecule has 5 nitrogen and oxygen atoms in total. The maximum Gasteiger partial charge on any atom is 0.320 e. The van der Waals surface area contributed by atoms with Crippen LogP contribution in [0.3, 0.4) is 0 Å². The monoisotopic (exact) mass is 411 g/mol. The van der Waals surface area contributed by atoms with Gasteiger partial charge in [-0.1, -0.05) is 17.7 Å². The molecule has 0 aliphatic carbocycles. The topological polar surface area (TPSA) is 78.6 Å². The van der Waals surface area contributed by atoms with Gasteiger partial charge in [0, 0.05) is 29.8 Å². The summed E-state index contributed by atoms with van der Waals surface area (Å²) < 4.78 is 0. The highest BCUT2D eigenvalue weighted by molar-refractivity contribution is 6.31. The normalized spacial score (nSPS) is 15.9. The van der Waals surface area contributed by atoms with Gasteiger partial charge in [-0.3, -0.25) is 4.79 Å². The van der Waals surface area contributed by atoms with Crippen molar-refractivity contribution in [2.24, 2.45) is 5.73 Å². The summed E-state index contributed by atoms with van der Waals surface area (Å²) >= 11 is 6.20. The lowest BCUT2D eigenvalue weighted by molar-refractivity contribution is -0.140. The van der Waals surface area contributed by atoms with Gasteiger partial charge >= 0.3 is 5.97 Å². The highest BCUT2D eigenvalue weighted by atomic mass is 35.5. The Kier molecular flexibility index (Phi) is 11.5. The molecule has 0 bridgehead atoms. The van der Waals surface area contributed by atoms with Crippen LogP contribution in [0.2, 0.25) is 5.02 Å². The van der Waals surface area contributed by atoms with Gasteiger partial charge in [-0.15, -0.1) is 24.8 Å². The number of anilines is 1. The van der Waals surface area contributed by atoms with E-state index in [4.69, 9.17) is 17.3 Å². The minimum Gasteiger partial charge on any atom is -0.480 e. The van der Waals surface area contributed by atoms with E-state index in [1.54, 1.807) is 0 Å². The van der Waals surface area contributed by atoms with Crippen LogP contribution in [0.4, 0.5) is 5.69 Å². The first-order valence-electron chi connectivity index (χ1n) is 8.21. The molecule has 1 atom stereocenters. The summed E-state index contributed by atoms with van der Waals surface area (Å²) in [6, 6.07) is 5.88. The number of piperidine rings is 1. The highest BCUT2D eigenvalue weighted by Gasteiger charge is 2.25. The van der Waals surface area contributed by atoms with E-state index >= 15 is 0 Å². The van der Waals surface area contributed by atoms with Gasteiger partial charge in [-0.2, -0.15) is 0 Å². The number of aliphatic carboxylic acids is 1. The van der Waals surface area contributed by atoms with Crippen LogP contribution in [0.5, 0.6) is 0 Å². The number of carboxylic acids is 1. The van der Waals surface area contributed by atoms with Crippen molar-refractivity contribution >= 4 is 48.1 Å². The zero-order valence-electron chi connectivity index (χ0n) is 14.4. The van der Waals surface area contributed by atoms with Crippen molar-refractivity contribution in [3.63, 3.8) is 0 Å². The molecule has 25 heavy (non-hydrogen) atoms. The molecule has 0 amide bonds. The standard InChI is InChI=1S/C17H26ClN3O2.2ClH/c1-12-4-5-14(11-15(12)18)21-9-6-13(7-10-21)20-16(17(22)23)3-2-8-19;;/h4-5,11,13,16,20H,2-3,6-10,19H2,1H3,(H,22,23);2*1H/t16-;;/m0../s1. The molecule has 4 N–H and O–H groups in total. The molecule has 0 spiro atoms. The fraction of sp³-hybridized carbons (Fsp3) is 0.588. The minimum absolute atomic E-state index is 0. The summed E-state index contributed by atoms with van der Waals surface area (Å²) in [6.45, 7) is 4.33. The molecular weight excluding hydrogens is 385 g/mol. The zero-order chi connectivity index (χ0) is 16.8. The first kappa shape index (κ1) is 24.3. The Morgan fingerprint density at radius 2 is 2.04 bits per heavy atom. The van der Waals surface area contributed by atoms with Crippen LogP contribution in [-0.2, 0) is 4.79 Å². The zero-order valence-corrected chi connectivity index (χ0v) is 16.8. The van der Waals surface area contributed by atoms with Gasteiger partial charge in [0.05, 0.1) is 0 Å². The third-order valence-electron chi connectivity index (χ3n) is 4.45. The molecule has 0 unspecified atom stereocenters. The van der Waals surface area contributed by atoms with Crippen molar-refractivity contribution in [3.05, 3.63) is 28.8 Å². The molecule has 2 rings (SSSR count). The van der Waals surface area contributed by atoms with Crippen LogP contribution in [0, 0.1) is 6.92 Å². The quantitative estimate of drug-likeness (QED) is 0.641. The third kappa shape index (κ3) is 7.19. The van der Waals surface area contributed by atoms with Gasteiger partial charge in [0.25, 0.3) is 0 Å². The number of nitrogens with one attached hydrogen (secondary N) is 1. The van der Waals surface area contributed by atoms with Gasteiger partial charge in [-0.05, 0) is 56.8 Å². The Hall–Kier alpha value is -0.720. The average molecular weight is 413 g/mol. The van der Waals surface area contributed by atoms with E-state index < -0.39 is 12.0 Å². The van der Waals surface area contributed by atoms with Crippen LogP contribution in [0.25, 0.3) is 0 Å². The molecular formula is C17H28Cl3N3O2. The molecule has 1 aromatic carbocycles. The van der Waals surface area contributed by atoms with E-state index in [0.29, 0.717) is 13.0 Å². The molecule has 1 fully saturated rings. The van der Waals surface area contributed by atoms with Gasteiger partial charge in [0.15, 0.2) is 0 Å². The molecule has 1 aliphatic rings. The lowest BCUT2D eigenvalue weighted by Crippen LogP contribution is -2.49. The van der Waals surface area contributed by atoms with Crippen molar-refractivity contribution < 1.29 is 9.90 Å². The maximum absolute atomic E-state index is 11.3. The molecule has 0 aromatic heterocycles. The number of carboxylic acid groups (broad SMARTS) is 1. The van der Waals surface area contributed by atoms with Crippen LogP contribution >= 0.6 is 36.4 Å². The second-order valence-corrected chi connectivity index (χ2v) is 6.59. The highest BCUT2D eigenvalue weighted by Crippen LogP contribution is 2.25. The van der Waals surface area contributed by atoms with Crippen LogP contribution in [0.15, 0.2) is 18.2 Å². The van der Waals surface area contributed by atoms with Crippen molar-refractivity contribution in [1.82, 2.24) is 5.32 Å². The predicted molar refractivity (Wildman–Crippen MR) is 109 cm³/mol. The lowest BCUT2D eigenvalue weighted by Gasteiger charge is -2.35. The van der Waals surface area contributed by atoms with E-state index in [2.05, 4.69) is 16.3 Å². The molecule has 0 saturated carbocycles. The van der Waals surface area contributed by atoms with Gasteiger partial charge in [0.2, 0.25) is 0 Å². The number of hydrogen-bond acceptors (Lipinski definition) is 4. The fourth-order valence-electron chi connectivity index (χ4n) is 2.97. The summed E-state index contributed by atoms with van der Waals surface area (Å²) in [6.07, 6.45) is 3.17. The van der Waals surface area contributed by atoms with Crippen molar-refractivity contribution in [2.45, 2.75) is 44.7 Å². The number of benzene rings is 1. The van der Waals surface area contributed by atoms with E-state index in [9.17, 15) is 9.90 Å². The minimum atomic E-state index is -0.786. The van der Waals surface area contributed by atoms with Crippen molar-refractivity contribution in [2.75, 3.05) is 24.5 Å². The van der Waals surface area contributed by atoms with E-state index in [0.717, 1.165) is 48.6 Å². The molecule has 1 aliphatic heterocycles. The third-order valence-corrected chi connectivity index (χ3v) is 4.85. The van der Waals surface area contributed by atoms with Crippen LogP contribution in [-0.4, -0.2) is 42.8 Å². The van der Waals surface area contributed by atoms with Gasteiger partial charge < -0.3 is 21.1 Å². The SMILES string of the molecule is Cc1ccc(N2CCC(N[C@@H](CCCN)C(=O)O)CC2)cc1Cl.Cl.Cl. The Balaban J connectivity index is 0.00000288. The molecule has 144 valence electrons. The number of aryl methyl sites for hydroxylation is 1. The number of hydrogen-bond donors (Lipinski definition) is 3. The summed E-state index contributed by atoms with van der Waals surface area (Å²) in [5, 5.41) is 13.4. The summed E-state index contributed by atoms with van der Waals surface area (Å²) in [4.78, 5) is 13.6. The average Bonchev–Trinajstić information content (AvgIpc) is 2.54. The predicted octanol–water partition coefficient (Wildman–Crippen LogP) is 3.24. The number of carbonyl (C=O) groups is 1. The molecule has 1 heterocycles. The summed E-state index contributed by atoms with van der Waals surface area (Å²) in [5.74, 6) is -0.786. The first-order chi connectivity index (χ1) is 11.0. The molecule has 0 radical (unpaired) electrons. The number of nitrogens with two attached hydrogens (primary N) is 1. The Morgan fingerprint density at radius 3 is 2.56 bits per heavy atom. The largest absolute Gasteiger partial charge is 0.480 e. The fourth-order valence-corrected chi connectivity index (χ4v) is 3.14. The van der Waals surface area contributed by atoms with Gasteiger partial charge in [0.1, 0.15) is 6.04 Å². The number of rotatable bonds is 7. The lowest BCUT2D eigenvalue weighted by atomic mass is 10.0. The van der Waals surface area contributed by atoms with Crippen LogP contribution < -0.4 is 16.0 Å². The molecule has 1 saturated heterocycles. The molecule has 8 heteroatoms. The Morgan fingerprint density at radius 1 is 1.40 bits per heavy atom. The Bertz CT molecular complexity index is 538. The van der Waals surface area contributed by atoms with Crippen molar-refractivity contribution in [1.29, 1.82) is 0 Å².